The fourth-order valence-electron chi connectivity index (χ4n) is 2.71. The third-order valence-electron chi connectivity index (χ3n) is 3.87. The zero-order valence-electron chi connectivity index (χ0n) is 13.7. The summed E-state index contributed by atoms with van der Waals surface area (Å²) in [7, 11) is 0. The summed E-state index contributed by atoms with van der Waals surface area (Å²) in [5, 5.41) is 5.10. The molecule has 1 amide bonds. The van der Waals surface area contributed by atoms with Crippen molar-refractivity contribution in [2.24, 2.45) is 0 Å². The Balaban J connectivity index is 1.86. The van der Waals surface area contributed by atoms with Gasteiger partial charge in [0.2, 0.25) is 0 Å². The molecule has 0 saturated carbocycles. The largest absolute Gasteiger partial charge is 0.347 e. The number of carbonyl (C=O) groups is 1. The van der Waals surface area contributed by atoms with E-state index in [0.29, 0.717) is 18.8 Å². The normalized spacial score (nSPS) is 11.5. The van der Waals surface area contributed by atoms with Gasteiger partial charge in [-0.3, -0.25) is 4.79 Å². The van der Waals surface area contributed by atoms with Gasteiger partial charge in [0.1, 0.15) is 5.69 Å². The molecular weight excluding hydrogens is 384 g/mol. The van der Waals surface area contributed by atoms with Crippen LogP contribution in [0.3, 0.4) is 0 Å². The van der Waals surface area contributed by atoms with Crippen molar-refractivity contribution in [3.63, 3.8) is 0 Å². The monoisotopic (exact) mass is 402 g/mol. The Bertz CT molecular complexity index is 907. The highest BCUT2D eigenvalue weighted by atomic mass is 79.9. The number of carbonyl (C=O) groups excluding carboxylic acids is 1. The molecular formula is C19H19BrN2OS. The first kappa shape index (κ1) is 17.0. The summed E-state index contributed by atoms with van der Waals surface area (Å²) in [4.78, 5) is 12.7. The average Bonchev–Trinajstić information content (AvgIpc) is 3.11. The molecule has 3 nitrogen and oxygen atoms in total. The number of thiophene rings is 1. The molecule has 24 heavy (non-hydrogen) atoms. The van der Waals surface area contributed by atoms with Crippen LogP contribution in [0.15, 0.2) is 52.3 Å². The molecule has 0 aliphatic heterocycles. The van der Waals surface area contributed by atoms with Gasteiger partial charge in [-0.2, -0.15) is 0 Å². The molecule has 1 aromatic carbocycles. The van der Waals surface area contributed by atoms with Crippen LogP contribution in [0, 0.1) is 6.92 Å². The summed E-state index contributed by atoms with van der Waals surface area (Å²) in [6.07, 6.45) is 4.06. The van der Waals surface area contributed by atoms with Crippen LogP contribution < -0.4 is 5.32 Å². The van der Waals surface area contributed by atoms with E-state index < -0.39 is 0 Å². The second-order valence-electron chi connectivity index (χ2n) is 5.68. The predicted octanol–water partition coefficient (Wildman–Crippen LogP) is 5.28. The summed E-state index contributed by atoms with van der Waals surface area (Å²) in [6, 6.07) is 10.2. The minimum absolute atomic E-state index is 0.0451. The van der Waals surface area contributed by atoms with Crippen LogP contribution in [0.4, 0.5) is 0 Å². The molecule has 124 valence electrons. The fraction of sp³-hybridized carbons (Fsp3) is 0.211. The van der Waals surface area contributed by atoms with Gasteiger partial charge in [-0.15, -0.1) is 11.3 Å². The first-order chi connectivity index (χ1) is 11.6. The van der Waals surface area contributed by atoms with Gasteiger partial charge >= 0.3 is 0 Å². The van der Waals surface area contributed by atoms with E-state index in [9.17, 15) is 4.79 Å². The summed E-state index contributed by atoms with van der Waals surface area (Å²) < 4.78 is 4.21. The van der Waals surface area contributed by atoms with Gasteiger partial charge in [-0.25, -0.2) is 0 Å². The van der Waals surface area contributed by atoms with Gasteiger partial charge in [-0.05, 0) is 41.4 Å². The number of fused-ring (bicyclic) bond motifs is 1. The minimum atomic E-state index is -0.0451. The number of hydrogen-bond acceptors (Lipinski definition) is 2. The predicted molar refractivity (Wildman–Crippen MR) is 105 cm³/mol. The molecule has 0 saturated heterocycles. The Morgan fingerprint density at radius 2 is 2.21 bits per heavy atom. The number of benzene rings is 1. The van der Waals surface area contributed by atoms with E-state index in [-0.39, 0.29) is 5.91 Å². The number of hydrogen-bond donors (Lipinski definition) is 1. The maximum Gasteiger partial charge on any atom is 0.268 e. The molecule has 0 radical (unpaired) electrons. The molecule has 3 rings (SSSR count). The quantitative estimate of drug-likeness (QED) is 0.578. The van der Waals surface area contributed by atoms with Gasteiger partial charge in [0, 0.05) is 18.5 Å². The molecule has 2 heterocycles. The van der Waals surface area contributed by atoms with E-state index in [1.54, 1.807) is 11.3 Å². The standard InChI is InChI=1S/C19H19BrN2OS/c1-3-4-8-22-16(10-17-18(22)15(20)12-24-17)19(23)21-11-14-7-5-6-13(2)9-14/h3-7,9-10,12H,8,11H2,1-2H3,(H,21,23)/b4-3+. The zero-order chi connectivity index (χ0) is 17.1. The van der Waals surface area contributed by atoms with Crippen LogP contribution in [0.1, 0.15) is 28.5 Å². The number of aryl methyl sites for hydroxylation is 1. The van der Waals surface area contributed by atoms with E-state index in [2.05, 4.69) is 56.3 Å². The van der Waals surface area contributed by atoms with E-state index in [1.807, 2.05) is 31.2 Å². The number of halogens is 1. The van der Waals surface area contributed by atoms with Crippen molar-refractivity contribution in [2.75, 3.05) is 0 Å². The van der Waals surface area contributed by atoms with Crippen LogP contribution in [0.25, 0.3) is 10.2 Å². The van der Waals surface area contributed by atoms with Crippen LogP contribution in [0.2, 0.25) is 0 Å². The van der Waals surface area contributed by atoms with Crippen molar-refractivity contribution in [3.05, 3.63) is 69.2 Å². The summed E-state index contributed by atoms with van der Waals surface area (Å²) in [5.74, 6) is -0.0451. The number of rotatable bonds is 5. The molecule has 0 unspecified atom stereocenters. The number of nitrogens with one attached hydrogen (secondary N) is 1. The minimum Gasteiger partial charge on any atom is -0.347 e. The van der Waals surface area contributed by atoms with Crippen molar-refractivity contribution >= 4 is 43.4 Å². The molecule has 0 aliphatic rings. The SMILES string of the molecule is C/C=C/Cn1c(C(=O)NCc2cccc(C)c2)cc2scc(Br)c21. The zero-order valence-corrected chi connectivity index (χ0v) is 16.1. The highest BCUT2D eigenvalue weighted by molar-refractivity contribution is 9.10. The van der Waals surface area contributed by atoms with Crippen molar-refractivity contribution in [1.82, 2.24) is 9.88 Å². The lowest BCUT2D eigenvalue weighted by molar-refractivity contribution is 0.0942. The topological polar surface area (TPSA) is 34.0 Å². The van der Waals surface area contributed by atoms with Crippen molar-refractivity contribution in [2.45, 2.75) is 26.9 Å². The number of allylic oxidation sites excluding steroid dienone is 2. The number of amides is 1. The van der Waals surface area contributed by atoms with Gasteiger partial charge in [0.15, 0.2) is 0 Å². The fourth-order valence-corrected chi connectivity index (χ4v) is 4.41. The molecule has 0 spiro atoms. The maximum absolute atomic E-state index is 12.7. The summed E-state index contributed by atoms with van der Waals surface area (Å²) in [5.41, 5.74) is 4.09. The van der Waals surface area contributed by atoms with Crippen molar-refractivity contribution in [3.8, 4) is 0 Å². The van der Waals surface area contributed by atoms with Crippen LogP contribution in [-0.2, 0) is 13.1 Å². The van der Waals surface area contributed by atoms with Gasteiger partial charge in [0.25, 0.3) is 5.91 Å². The van der Waals surface area contributed by atoms with E-state index >= 15 is 0 Å². The lowest BCUT2D eigenvalue weighted by Crippen LogP contribution is -2.25. The molecule has 0 atom stereocenters. The van der Waals surface area contributed by atoms with Gasteiger partial charge < -0.3 is 9.88 Å². The second-order valence-corrected chi connectivity index (χ2v) is 7.44. The van der Waals surface area contributed by atoms with Crippen LogP contribution in [-0.4, -0.2) is 10.5 Å². The average molecular weight is 403 g/mol. The second kappa shape index (κ2) is 7.36. The lowest BCUT2D eigenvalue weighted by atomic mass is 10.1. The summed E-state index contributed by atoms with van der Waals surface area (Å²) in [6.45, 7) is 5.26. The third kappa shape index (κ3) is 3.47. The Hall–Kier alpha value is -1.85. The molecule has 0 fully saturated rings. The molecule has 3 aromatic rings. The van der Waals surface area contributed by atoms with E-state index in [4.69, 9.17) is 0 Å². The van der Waals surface area contributed by atoms with Gasteiger partial charge in [0.05, 0.1) is 14.7 Å². The Kier molecular flexibility index (Phi) is 5.21. The lowest BCUT2D eigenvalue weighted by Gasteiger charge is -2.10. The molecule has 1 N–H and O–H groups in total. The van der Waals surface area contributed by atoms with E-state index in [0.717, 1.165) is 20.3 Å². The van der Waals surface area contributed by atoms with Crippen LogP contribution in [0.5, 0.6) is 0 Å². The molecule has 0 aliphatic carbocycles. The Morgan fingerprint density at radius 3 is 2.96 bits per heavy atom. The number of aromatic nitrogens is 1. The Morgan fingerprint density at radius 1 is 1.38 bits per heavy atom. The smallest absolute Gasteiger partial charge is 0.268 e. The van der Waals surface area contributed by atoms with Crippen LogP contribution >= 0.6 is 27.3 Å². The molecule has 5 heteroatoms. The third-order valence-corrected chi connectivity index (χ3v) is 5.70. The highest BCUT2D eigenvalue weighted by Crippen LogP contribution is 2.33. The first-order valence-electron chi connectivity index (χ1n) is 7.81. The van der Waals surface area contributed by atoms with E-state index in [1.165, 1.54) is 5.56 Å². The van der Waals surface area contributed by atoms with Gasteiger partial charge in [-0.1, -0.05) is 42.0 Å². The Labute approximate surface area is 154 Å². The van der Waals surface area contributed by atoms with Crippen molar-refractivity contribution < 1.29 is 4.79 Å². The maximum atomic E-state index is 12.7. The number of nitrogens with zero attached hydrogens (tertiary/aromatic N) is 1. The molecule has 0 bridgehead atoms. The van der Waals surface area contributed by atoms with Crippen molar-refractivity contribution in [1.29, 1.82) is 0 Å². The molecule has 2 aromatic heterocycles. The highest BCUT2D eigenvalue weighted by Gasteiger charge is 2.17. The summed E-state index contributed by atoms with van der Waals surface area (Å²) >= 11 is 5.23. The first-order valence-corrected chi connectivity index (χ1v) is 9.48.